The van der Waals surface area contributed by atoms with Crippen molar-refractivity contribution in [1.29, 1.82) is 0 Å². The number of carboxylic acid groups (broad SMARTS) is 2. The van der Waals surface area contributed by atoms with E-state index in [0.29, 0.717) is 0 Å². The van der Waals surface area contributed by atoms with E-state index in [-0.39, 0.29) is 29.6 Å². The molecule has 0 heterocycles. The molecule has 0 aliphatic heterocycles. The van der Waals surface area contributed by atoms with Crippen molar-refractivity contribution in [3.63, 3.8) is 0 Å². The van der Waals surface area contributed by atoms with E-state index in [1.54, 1.807) is 0 Å². The van der Waals surface area contributed by atoms with Crippen molar-refractivity contribution in [2.45, 2.75) is 0 Å². The summed E-state index contributed by atoms with van der Waals surface area (Å²) in [5, 5.41) is 15.3. The average Bonchev–Trinajstić information content (AvgIpc) is 1.25. The fourth-order valence-electron chi connectivity index (χ4n) is 0. The van der Waals surface area contributed by atoms with Gasteiger partial charge in [-0.25, -0.2) is 0 Å². The molecule has 0 fully saturated rings. The van der Waals surface area contributed by atoms with E-state index in [0.717, 1.165) is 0 Å². The standard InChI is InChI=1S/CCl2O.CH2O3.Na/c2*2-1(3)4;/h;(H2,2,3,4);/q;;+1/p-1. The normalized spacial score (nSPS) is 5.56. The zero-order valence-corrected chi connectivity index (χ0v) is 7.94. The van der Waals surface area contributed by atoms with Gasteiger partial charge in [0, 0.05) is 0 Å². The zero-order chi connectivity index (χ0) is 7.15. The molecular formula is C2HCl2NaO4. The summed E-state index contributed by atoms with van der Waals surface area (Å²) >= 11 is 8.80. The Labute approximate surface area is 83.0 Å². The van der Waals surface area contributed by atoms with E-state index in [9.17, 15) is 0 Å². The number of hydrogen-bond donors (Lipinski definition) is 1. The molecule has 0 bridgehead atoms. The minimum absolute atomic E-state index is 0. The van der Waals surface area contributed by atoms with Crippen LogP contribution in [0.3, 0.4) is 0 Å². The Morgan fingerprint density at radius 1 is 1.33 bits per heavy atom. The second kappa shape index (κ2) is 11.3. The third kappa shape index (κ3) is 1340. The minimum Gasteiger partial charge on any atom is -0.565 e. The van der Waals surface area contributed by atoms with Gasteiger partial charge in [0.2, 0.25) is 6.16 Å². The quantitative estimate of drug-likeness (QED) is 0.332. The molecule has 0 unspecified atom stereocenters. The number of halogens is 2. The molecule has 0 aliphatic carbocycles. The van der Waals surface area contributed by atoms with Crippen LogP contribution in [0.1, 0.15) is 0 Å². The van der Waals surface area contributed by atoms with Gasteiger partial charge in [0.15, 0.2) is 0 Å². The Morgan fingerprint density at radius 3 is 1.33 bits per heavy atom. The third-order valence-electron chi connectivity index (χ3n) is 0. The average molecular weight is 183 g/mol. The van der Waals surface area contributed by atoms with Crippen molar-refractivity contribution in [2.75, 3.05) is 0 Å². The molecule has 0 aromatic carbocycles. The molecule has 0 rings (SSSR count). The maximum Gasteiger partial charge on any atom is 1.00 e. The van der Waals surface area contributed by atoms with Crippen molar-refractivity contribution < 1.29 is 49.4 Å². The molecule has 48 valence electrons. The molecule has 9 heavy (non-hydrogen) atoms. The molecule has 0 amide bonds. The van der Waals surface area contributed by atoms with Crippen LogP contribution in [-0.4, -0.2) is 16.0 Å². The summed E-state index contributed by atoms with van der Waals surface area (Å²) in [6.07, 6.45) is -2.08. The summed E-state index contributed by atoms with van der Waals surface area (Å²) < 4.78 is -0.889. The number of carbonyl (C=O) groups excluding carboxylic acids is 1. The summed E-state index contributed by atoms with van der Waals surface area (Å²) in [5.74, 6) is 0. The first-order valence-electron chi connectivity index (χ1n) is 1.21. The van der Waals surface area contributed by atoms with E-state index in [1.165, 1.54) is 0 Å². The van der Waals surface area contributed by atoms with E-state index >= 15 is 0 Å². The van der Waals surface area contributed by atoms with Gasteiger partial charge < -0.3 is 15.0 Å². The van der Waals surface area contributed by atoms with Gasteiger partial charge in [0.25, 0.3) is 0 Å². The molecule has 0 atom stereocenters. The van der Waals surface area contributed by atoms with Crippen molar-refractivity contribution in [3.8, 4) is 0 Å². The third-order valence-corrected chi connectivity index (χ3v) is 0. The summed E-state index contributed by atoms with van der Waals surface area (Å²) in [6.45, 7) is 0. The summed E-state index contributed by atoms with van der Waals surface area (Å²) in [7, 11) is 0. The molecule has 7 heteroatoms. The van der Waals surface area contributed by atoms with Crippen molar-refractivity contribution in [3.05, 3.63) is 0 Å². The fraction of sp³-hybridized carbons (Fsp3) is 0. The number of hydrogen-bond acceptors (Lipinski definition) is 3. The van der Waals surface area contributed by atoms with Crippen LogP contribution in [0.2, 0.25) is 0 Å². The van der Waals surface area contributed by atoms with Crippen LogP contribution in [-0.2, 0) is 0 Å². The van der Waals surface area contributed by atoms with E-state index in [4.69, 9.17) is 19.8 Å². The summed E-state index contributed by atoms with van der Waals surface area (Å²) in [6, 6.07) is 0. The zero-order valence-electron chi connectivity index (χ0n) is 4.43. The second-order valence-electron chi connectivity index (χ2n) is 0.492. The van der Waals surface area contributed by atoms with Gasteiger partial charge in [0.1, 0.15) is 0 Å². The molecule has 0 aromatic rings. The van der Waals surface area contributed by atoms with E-state index in [1.807, 2.05) is 0 Å². The Kier molecular flexibility index (Phi) is 20.5. The van der Waals surface area contributed by atoms with Crippen LogP contribution in [0.15, 0.2) is 0 Å². The predicted molar refractivity (Wildman–Crippen MR) is 25.1 cm³/mol. The Balaban J connectivity index is -0.0000000720. The molecule has 0 aliphatic rings. The van der Waals surface area contributed by atoms with Crippen LogP contribution in [0, 0.1) is 0 Å². The molecule has 1 N–H and O–H groups in total. The van der Waals surface area contributed by atoms with E-state index < -0.39 is 10.9 Å². The van der Waals surface area contributed by atoms with Gasteiger partial charge in [-0.2, -0.15) is 0 Å². The first-order chi connectivity index (χ1) is 3.46. The minimum atomic E-state index is -2.08. The van der Waals surface area contributed by atoms with Crippen molar-refractivity contribution >= 4 is 34.1 Å². The van der Waals surface area contributed by atoms with Crippen LogP contribution < -0.4 is 34.7 Å². The van der Waals surface area contributed by atoms with Crippen molar-refractivity contribution in [2.24, 2.45) is 0 Å². The topological polar surface area (TPSA) is 77.4 Å². The number of carbonyl (C=O) groups is 2. The molecule has 0 radical (unpaired) electrons. The van der Waals surface area contributed by atoms with Crippen molar-refractivity contribution in [1.82, 2.24) is 0 Å². The largest absolute Gasteiger partial charge is 1.00 e. The van der Waals surface area contributed by atoms with Gasteiger partial charge >= 0.3 is 34.3 Å². The summed E-state index contributed by atoms with van der Waals surface area (Å²) in [5.41, 5.74) is 0. The first kappa shape index (κ1) is 16.3. The van der Waals surface area contributed by atoms with Gasteiger partial charge in [-0.15, -0.1) is 0 Å². The first-order valence-corrected chi connectivity index (χ1v) is 1.97. The second-order valence-corrected chi connectivity index (χ2v) is 1.37. The van der Waals surface area contributed by atoms with Crippen LogP contribution in [0.25, 0.3) is 0 Å². The smallest absolute Gasteiger partial charge is 0.565 e. The monoisotopic (exact) mass is 182 g/mol. The predicted octanol–water partition coefficient (Wildman–Crippen LogP) is -2.52. The van der Waals surface area contributed by atoms with Crippen LogP contribution in [0.5, 0.6) is 0 Å². The Bertz CT molecular complexity index is 74.6. The molecule has 0 aromatic heterocycles. The SMILES string of the molecule is O=C(Cl)Cl.O=C([O-])O.[Na+]. The van der Waals surface area contributed by atoms with Crippen LogP contribution in [0.4, 0.5) is 9.59 Å². The Hall–Kier alpha value is 0.520. The molecule has 4 nitrogen and oxygen atoms in total. The van der Waals surface area contributed by atoms with Gasteiger partial charge in [-0.1, -0.05) is 0 Å². The fourth-order valence-corrected chi connectivity index (χ4v) is 0. The van der Waals surface area contributed by atoms with E-state index in [2.05, 4.69) is 23.2 Å². The molecule has 0 spiro atoms. The number of rotatable bonds is 0. The maximum absolute atomic E-state index is 8.98. The molecule has 0 saturated heterocycles. The summed E-state index contributed by atoms with van der Waals surface area (Å²) in [4.78, 5) is 17.4. The van der Waals surface area contributed by atoms with Crippen LogP contribution >= 0.6 is 23.2 Å². The van der Waals surface area contributed by atoms with Gasteiger partial charge in [-0.05, 0) is 23.2 Å². The molecular weight excluding hydrogens is 182 g/mol. The maximum atomic E-state index is 8.98. The van der Waals surface area contributed by atoms with Gasteiger partial charge in [-0.3, -0.25) is 4.79 Å². The molecule has 0 saturated carbocycles. The Morgan fingerprint density at radius 2 is 1.33 bits per heavy atom. The van der Waals surface area contributed by atoms with Gasteiger partial charge in [0.05, 0.1) is 0 Å².